The van der Waals surface area contributed by atoms with E-state index in [9.17, 15) is 0 Å². The molecule has 6 rings (SSSR count). The van der Waals surface area contributed by atoms with Gasteiger partial charge in [0, 0.05) is 10.0 Å². The van der Waals surface area contributed by atoms with Crippen LogP contribution in [0.25, 0.3) is 5.57 Å². The number of hydrogen-bond acceptors (Lipinski definition) is 4. The van der Waals surface area contributed by atoms with Crippen molar-refractivity contribution in [3.63, 3.8) is 0 Å². The van der Waals surface area contributed by atoms with E-state index in [1.165, 1.54) is 5.56 Å². The van der Waals surface area contributed by atoms with Gasteiger partial charge in [0.1, 0.15) is 0 Å². The molecule has 152 valence electrons. The molecule has 5 heterocycles. The normalized spacial score (nSPS) is 20.2. The van der Waals surface area contributed by atoms with E-state index >= 15 is 0 Å². The third-order valence-corrected chi connectivity index (χ3v) is 6.11. The first-order valence-corrected chi connectivity index (χ1v) is 11.1. The van der Waals surface area contributed by atoms with Crippen LogP contribution >= 0.6 is 15.9 Å². The minimum absolute atomic E-state index is 0.863. The molecule has 0 aromatic heterocycles. The molecule has 0 radical (unpaired) electrons. The van der Waals surface area contributed by atoms with Crippen LogP contribution in [0.2, 0.25) is 0 Å². The van der Waals surface area contributed by atoms with Crippen molar-refractivity contribution in [2.75, 3.05) is 0 Å². The van der Waals surface area contributed by atoms with Crippen LogP contribution in [-0.2, 0) is 0 Å². The third kappa shape index (κ3) is 3.61. The minimum atomic E-state index is 0.863. The number of benzene rings is 1. The van der Waals surface area contributed by atoms with Gasteiger partial charge in [0.25, 0.3) is 0 Å². The quantitative estimate of drug-likeness (QED) is 0.464. The Kier molecular flexibility index (Phi) is 4.44. The van der Waals surface area contributed by atoms with E-state index in [-0.39, 0.29) is 0 Å². The summed E-state index contributed by atoms with van der Waals surface area (Å²) >= 11 is 3.73. The van der Waals surface area contributed by atoms with Gasteiger partial charge < -0.3 is 0 Å². The van der Waals surface area contributed by atoms with Gasteiger partial charge in [0.2, 0.25) is 0 Å². The lowest BCUT2D eigenvalue weighted by Crippen LogP contribution is -1.97. The molecule has 0 atom stereocenters. The Morgan fingerprint density at radius 3 is 1.75 bits per heavy atom. The van der Waals surface area contributed by atoms with E-state index in [0.29, 0.717) is 0 Å². The van der Waals surface area contributed by atoms with Crippen molar-refractivity contribution in [2.45, 2.75) is 6.92 Å². The molecule has 0 unspecified atom stereocenters. The summed E-state index contributed by atoms with van der Waals surface area (Å²) in [6, 6.07) is 6.37. The number of aliphatic imine (C=N–C) groups is 4. The molecule has 0 aliphatic carbocycles. The highest BCUT2D eigenvalue weighted by Crippen LogP contribution is 2.33. The maximum Gasteiger partial charge on any atom is 0.0737 e. The molecule has 1 aromatic carbocycles. The van der Waals surface area contributed by atoms with Gasteiger partial charge in [-0.1, -0.05) is 28.1 Å². The number of nitrogens with zero attached hydrogens (tertiary/aromatic N) is 4. The third-order valence-electron chi connectivity index (χ3n) is 5.45. The molecule has 0 saturated carbocycles. The van der Waals surface area contributed by atoms with Gasteiger partial charge in [-0.05, 0) is 91.0 Å². The van der Waals surface area contributed by atoms with Crippen molar-refractivity contribution in [3.8, 4) is 0 Å². The molecule has 5 aliphatic heterocycles. The van der Waals surface area contributed by atoms with Gasteiger partial charge in [-0.2, -0.15) is 0 Å². The lowest BCUT2D eigenvalue weighted by Gasteiger charge is -2.07. The summed E-state index contributed by atoms with van der Waals surface area (Å²) in [6.07, 6.45) is 22.1. The van der Waals surface area contributed by atoms with Crippen LogP contribution in [0, 0.1) is 6.92 Å². The Bertz CT molecular complexity index is 1460. The van der Waals surface area contributed by atoms with E-state index in [1.807, 2.05) is 60.8 Å². The first kappa shape index (κ1) is 19.0. The van der Waals surface area contributed by atoms with Gasteiger partial charge in [-0.15, -0.1) is 0 Å². The highest BCUT2D eigenvalue weighted by Gasteiger charge is 2.20. The molecule has 1 aromatic rings. The predicted molar refractivity (Wildman–Crippen MR) is 136 cm³/mol. The summed E-state index contributed by atoms with van der Waals surface area (Å²) in [6.45, 7) is 2.09. The van der Waals surface area contributed by atoms with Gasteiger partial charge in [0.15, 0.2) is 0 Å². The topological polar surface area (TPSA) is 49.4 Å². The summed E-state index contributed by atoms with van der Waals surface area (Å²) in [7, 11) is 0. The van der Waals surface area contributed by atoms with E-state index in [4.69, 9.17) is 15.0 Å². The van der Waals surface area contributed by atoms with E-state index in [0.717, 1.165) is 61.2 Å². The Balaban J connectivity index is 1.52. The summed E-state index contributed by atoms with van der Waals surface area (Å²) < 4.78 is 1.04. The molecule has 0 N–H and O–H groups in total. The molecule has 5 heteroatoms. The van der Waals surface area contributed by atoms with Crippen molar-refractivity contribution in [2.24, 2.45) is 20.0 Å². The number of halogens is 1. The van der Waals surface area contributed by atoms with Crippen LogP contribution in [0.5, 0.6) is 0 Å². The minimum Gasteiger partial charge on any atom is -0.249 e. The van der Waals surface area contributed by atoms with Crippen molar-refractivity contribution < 1.29 is 0 Å². The molecule has 4 nitrogen and oxygen atoms in total. The second-order valence-electron chi connectivity index (χ2n) is 7.93. The lowest BCUT2D eigenvalue weighted by atomic mass is 10.00. The van der Waals surface area contributed by atoms with Crippen LogP contribution in [0.4, 0.5) is 0 Å². The molecular weight excluding hydrogens is 460 g/mol. The average molecular weight is 477 g/mol. The second kappa shape index (κ2) is 7.46. The standard InChI is InChI=1S/C27H17BrN4/c1-16-2-9-24(26(28)10-16)25-14-23-13-21-6-5-19(30-21)11-17-3-4-18(29-17)12-20-7-8-22(31-20)15-27(25)32-23/h2-15H,1H3. The Labute approximate surface area is 194 Å². The zero-order valence-corrected chi connectivity index (χ0v) is 18.8. The van der Waals surface area contributed by atoms with Gasteiger partial charge >= 0.3 is 0 Å². The van der Waals surface area contributed by atoms with Crippen molar-refractivity contribution >= 4 is 44.3 Å². The van der Waals surface area contributed by atoms with Crippen molar-refractivity contribution in [1.29, 1.82) is 0 Å². The SMILES string of the molecule is Cc1ccc(C2=CC3=CC4=NC(=CC5=NC(=CC6=NC(=CC2=N3)C=C6)C=C5)C=C4)c(Br)c1. The van der Waals surface area contributed by atoms with Crippen LogP contribution in [-0.4, -0.2) is 22.8 Å². The fraction of sp³-hybridized carbons (Fsp3) is 0.0370. The largest absolute Gasteiger partial charge is 0.249 e. The second-order valence-corrected chi connectivity index (χ2v) is 8.78. The van der Waals surface area contributed by atoms with Gasteiger partial charge in [-0.25, -0.2) is 20.0 Å². The summed E-state index contributed by atoms with van der Waals surface area (Å²) in [5, 5.41) is 0. The van der Waals surface area contributed by atoms with E-state index in [1.54, 1.807) is 0 Å². The maximum absolute atomic E-state index is 4.91. The highest BCUT2D eigenvalue weighted by atomic mass is 79.9. The summed E-state index contributed by atoms with van der Waals surface area (Å²) in [5.41, 5.74) is 10.3. The number of aryl methyl sites for hydroxylation is 1. The number of allylic oxidation sites excluding steroid dienone is 12. The molecular formula is C27H17BrN4. The molecule has 0 saturated heterocycles. The Morgan fingerprint density at radius 1 is 0.594 bits per heavy atom. The zero-order valence-electron chi connectivity index (χ0n) is 17.2. The van der Waals surface area contributed by atoms with Gasteiger partial charge in [-0.3, -0.25) is 0 Å². The fourth-order valence-corrected chi connectivity index (χ4v) is 4.66. The molecule has 32 heavy (non-hydrogen) atoms. The zero-order chi connectivity index (χ0) is 21.7. The number of hydrogen-bond donors (Lipinski definition) is 0. The molecule has 8 bridgehead atoms. The van der Waals surface area contributed by atoms with Gasteiger partial charge in [0.05, 0.1) is 45.6 Å². The fourth-order valence-electron chi connectivity index (χ4n) is 3.95. The molecule has 0 amide bonds. The van der Waals surface area contributed by atoms with Crippen LogP contribution in [0.3, 0.4) is 0 Å². The molecule has 5 aliphatic rings. The first-order chi connectivity index (χ1) is 15.6. The number of fused-ring (bicyclic) bond motifs is 4. The highest BCUT2D eigenvalue weighted by molar-refractivity contribution is 9.10. The molecule has 0 spiro atoms. The summed E-state index contributed by atoms with van der Waals surface area (Å²) in [5.74, 6) is 0. The number of rotatable bonds is 1. The first-order valence-electron chi connectivity index (χ1n) is 10.3. The molecule has 0 fully saturated rings. The Hall–Kier alpha value is -3.70. The predicted octanol–water partition coefficient (Wildman–Crippen LogP) is 6.18. The van der Waals surface area contributed by atoms with E-state index in [2.05, 4.69) is 52.1 Å². The smallest absolute Gasteiger partial charge is 0.0737 e. The van der Waals surface area contributed by atoms with Crippen molar-refractivity contribution in [3.05, 3.63) is 123 Å². The van der Waals surface area contributed by atoms with E-state index < -0.39 is 0 Å². The maximum atomic E-state index is 4.91. The lowest BCUT2D eigenvalue weighted by molar-refractivity contribution is 1.41. The Morgan fingerprint density at radius 2 is 1.16 bits per heavy atom. The monoisotopic (exact) mass is 476 g/mol. The van der Waals surface area contributed by atoms with Crippen LogP contribution in [0.15, 0.2) is 132 Å². The van der Waals surface area contributed by atoms with Crippen LogP contribution in [0.1, 0.15) is 11.1 Å². The van der Waals surface area contributed by atoms with Crippen LogP contribution < -0.4 is 0 Å². The average Bonchev–Trinajstić information content (AvgIpc) is 3.53. The van der Waals surface area contributed by atoms with Crippen molar-refractivity contribution in [1.82, 2.24) is 0 Å². The summed E-state index contributed by atoms with van der Waals surface area (Å²) in [4.78, 5) is 19.0.